The molecule has 1 aliphatic rings. The summed E-state index contributed by atoms with van der Waals surface area (Å²) in [6.45, 7) is 4.22. The Morgan fingerprint density at radius 3 is 2.64 bits per heavy atom. The minimum absolute atomic E-state index is 0.348. The summed E-state index contributed by atoms with van der Waals surface area (Å²) in [6.07, 6.45) is 7.10. The molecule has 0 bridgehead atoms. The highest BCUT2D eigenvalue weighted by atomic mass is 16.5. The van der Waals surface area contributed by atoms with Crippen LogP contribution in [0.3, 0.4) is 0 Å². The summed E-state index contributed by atoms with van der Waals surface area (Å²) < 4.78 is 12.9. The van der Waals surface area contributed by atoms with Crippen molar-refractivity contribution in [2.45, 2.75) is 31.9 Å². The third-order valence-electron chi connectivity index (χ3n) is 4.96. The van der Waals surface area contributed by atoms with Gasteiger partial charge in [0.05, 0.1) is 11.8 Å². The molecule has 1 aliphatic heterocycles. The van der Waals surface area contributed by atoms with E-state index in [9.17, 15) is 0 Å². The summed E-state index contributed by atoms with van der Waals surface area (Å²) in [6, 6.07) is 10.3. The average Bonchev–Trinajstić information content (AvgIpc) is 3.28. The Balaban J connectivity index is 1.42. The molecule has 1 fully saturated rings. The van der Waals surface area contributed by atoms with Crippen LogP contribution in [0.15, 0.2) is 47.7 Å². The third-order valence-corrected chi connectivity index (χ3v) is 4.96. The molecule has 0 spiro atoms. The van der Waals surface area contributed by atoms with Crippen molar-refractivity contribution in [1.82, 2.24) is 20.0 Å². The quantitative estimate of drug-likeness (QED) is 0.430. The summed E-state index contributed by atoms with van der Waals surface area (Å²) in [5, 5.41) is 7.74. The van der Waals surface area contributed by atoms with E-state index in [0.717, 1.165) is 63.8 Å². The number of guanidine groups is 1. The molecule has 152 valence electrons. The van der Waals surface area contributed by atoms with Crippen LogP contribution >= 0.6 is 0 Å². The predicted octanol–water partition coefficient (Wildman–Crippen LogP) is 2.47. The number of nitrogens with zero attached hydrogens (tertiary/aromatic N) is 4. The number of aromatic nitrogens is 2. The summed E-state index contributed by atoms with van der Waals surface area (Å²) in [5.74, 6) is 0.953. The molecule has 1 aromatic carbocycles. The van der Waals surface area contributed by atoms with Gasteiger partial charge in [0.2, 0.25) is 0 Å². The van der Waals surface area contributed by atoms with Crippen molar-refractivity contribution in [2.75, 3.05) is 40.5 Å². The highest BCUT2D eigenvalue weighted by Crippen LogP contribution is 2.14. The first-order valence-electron chi connectivity index (χ1n) is 9.95. The molecule has 3 rings (SSSR count). The number of hydrogen-bond acceptors (Lipinski definition) is 4. The summed E-state index contributed by atoms with van der Waals surface area (Å²) in [4.78, 5) is 6.77. The Morgan fingerprint density at radius 2 is 2.00 bits per heavy atom. The second-order valence-corrected chi connectivity index (χ2v) is 6.92. The Bertz CT molecular complexity index is 707. The van der Waals surface area contributed by atoms with E-state index in [0.29, 0.717) is 6.10 Å². The van der Waals surface area contributed by atoms with Crippen molar-refractivity contribution < 1.29 is 9.47 Å². The molecule has 28 heavy (non-hydrogen) atoms. The van der Waals surface area contributed by atoms with Gasteiger partial charge in [0.15, 0.2) is 5.96 Å². The molecule has 1 aromatic heterocycles. The zero-order valence-electron chi connectivity index (χ0n) is 16.9. The van der Waals surface area contributed by atoms with E-state index in [4.69, 9.17) is 9.47 Å². The number of nitrogens with one attached hydrogen (secondary N) is 1. The van der Waals surface area contributed by atoms with Crippen LogP contribution in [0, 0.1) is 0 Å². The second kappa shape index (κ2) is 10.8. The molecule has 1 saturated heterocycles. The molecule has 2 heterocycles. The molecule has 0 radical (unpaired) electrons. The molecule has 0 unspecified atom stereocenters. The van der Waals surface area contributed by atoms with Crippen molar-refractivity contribution in [2.24, 2.45) is 4.99 Å². The van der Waals surface area contributed by atoms with Gasteiger partial charge in [0.1, 0.15) is 0 Å². The van der Waals surface area contributed by atoms with Crippen molar-refractivity contribution >= 4 is 5.96 Å². The molecule has 0 aliphatic carbocycles. The molecular weight excluding hydrogens is 354 g/mol. The number of hydrogen-bond donors (Lipinski definition) is 1. The van der Waals surface area contributed by atoms with Gasteiger partial charge in [-0.1, -0.05) is 12.1 Å². The van der Waals surface area contributed by atoms with Crippen LogP contribution in [-0.2, 0) is 16.0 Å². The van der Waals surface area contributed by atoms with Crippen LogP contribution in [0.4, 0.5) is 0 Å². The maximum Gasteiger partial charge on any atom is 0.193 e. The van der Waals surface area contributed by atoms with Crippen molar-refractivity contribution in [3.05, 3.63) is 48.3 Å². The molecule has 2 aromatic rings. The first kappa shape index (κ1) is 20.4. The van der Waals surface area contributed by atoms with Gasteiger partial charge in [-0.15, -0.1) is 0 Å². The Morgan fingerprint density at radius 1 is 1.21 bits per heavy atom. The van der Waals surface area contributed by atoms with E-state index >= 15 is 0 Å². The fourth-order valence-electron chi connectivity index (χ4n) is 3.39. The van der Waals surface area contributed by atoms with Gasteiger partial charge < -0.3 is 19.7 Å². The second-order valence-electron chi connectivity index (χ2n) is 6.92. The summed E-state index contributed by atoms with van der Waals surface area (Å²) in [7, 11) is 3.57. The number of rotatable bonds is 8. The van der Waals surface area contributed by atoms with Gasteiger partial charge >= 0.3 is 0 Å². The number of likely N-dealkylation sites (tertiary alicyclic amines) is 1. The lowest BCUT2D eigenvalue weighted by atomic mass is 10.1. The fraction of sp³-hybridized carbons (Fsp3) is 0.524. The number of methoxy groups -OCH3 is 1. The van der Waals surface area contributed by atoms with Gasteiger partial charge in [-0.25, -0.2) is 4.68 Å². The maximum absolute atomic E-state index is 5.94. The third kappa shape index (κ3) is 5.81. The monoisotopic (exact) mass is 385 g/mol. The zero-order chi connectivity index (χ0) is 19.6. The fourth-order valence-corrected chi connectivity index (χ4v) is 3.39. The van der Waals surface area contributed by atoms with E-state index in [1.807, 2.05) is 24.0 Å². The summed E-state index contributed by atoms with van der Waals surface area (Å²) in [5.41, 5.74) is 2.28. The van der Waals surface area contributed by atoms with Gasteiger partial charge in [-0.3, -0.25) is 4.99 Å². The number of piperidine rings is 1. The Hall–Kier alpha value is -2.38. The number of ether oxygens (including phenoxy) is 2. The number of benzene rings is 1. The highest BCUT2D eigenvalue weighted by Gasteiger charge is 2.21. The van der Waals surface area contributed by atoms with Crippen molar-refractivity contribution in [3.8, 4) is 5.69 Å². The van der Waals surface area contributed by atoms with E-state index in [-0.39, 0.29) is 0 Å². The standard InChI is InChI=1S/C21H31N5O2/c1-22-21(25-13-9-20(10-14-25)28-16-4-15-27-2)23-17-18-5-7-19(8-6-18)26-12-3-11-24-26/h3,5-8,11-12,20H,4,9-10,13-17H2,1-2H3,(H,22,23). The predicted molar refractivity (Wildman–Crippen MR) is 111 cm³/mol. The molecule has 0 saturated carbocycles. The van der Waals surface area contributed by atoms with Crippen LogP contribution in [0.2, 0.25) is 0 Å². The Kier molecular flexibility index (Phi) is 7.87. The van der Waals surface area contributed by atoms with E-state index in [1.54, 1.807) is 13.3 Å². The maximum atomic E-state index is 5.94. The normalized spacial score (nSPS) is 15.8. The van der Waals surface area contributed by atoms with E-state index in [2.05, 4.69) is 44.6 Å². The van der Waals surface area contributed by atoms with E-state index in [1.165, 1.54) is 5.56 Å². The zero-order valence-corrected chi connectivity index (χ0v) is 16.9. The molecule has 7 nitrogen and oxygen atoms in total. The minimum atomic E-state index is 0.348. The van der Waals surface area contributed by atoms with Crippen LogP contribution in [0.25, 0.3) is 5.69 Å². The van der Waals surface area contributed by atoms with Gasteiger partial charge in [-0.2, -0.15) is 5.10 Å². The summed E-state index contributed by atoms with van der Waals surface area (Å²) >= 11 is 0. The molecule has 0 atom stereocenters. The molecule has 7 heteroatoms. The lowest BCUT2D eigenvalue weighted by molar-refractivity contribution is 0.00989. The first-order valence-corrected chi connectivity index (χ1v) is 9.95. The lowest BCUT2D eigenvalue weighted by Crippen LogP contribution is -2.46. The highest BCUT2D eigenvalue weighted by molar-refractivity contribution is 5.80. The van der Waals surface area contributed by atoms with E-state index < -0.39 is 0 Å². The lowest BCUT2D eigenvalue weighted by Gasteiger charge is -2.34. The van der Waals surface area contributed by atoms with Crippen LogP contribution in [0.5, 0.6) is 0 Å². The first-order chi connectivity index (χ1) is 13.8. The number of aliphatic imine (C=N–C) groups is 1. The topological polar surface area (TPSA) is 63.9 Å². The van der Waals surface area contributed by atoms with Crippen molar-refractivity contribution in [1.29, 1.82) is 0 Å². The Labute approximate surface area is 167 Å². The molecule has 0 amide bonds. The largest absolute Gasteiger partial charge is 0.385 e. The van der Waals surface area contributed by atoms with Crippen LogP contribution < -0.4 is 5.32 Å². The van der Waals surface area contributed by atoms with Gasteiger partial charge in [0, 0.05) is 59.4 Å². The van der Waals surface area contributed by atoms with Crippen molar-refractivity contribution in [3.63, 3.8) is 0 Å². The molecule has 1 N–H and O–H groups in total. The van der Waals surface area contributed by atoms with Crippen LogP contribution in [0.1, 0.15) is 24.8 Å². The SMILES string of the molecule is CN=C(NCc1ccc(-n2cccn2)cc1)N1CCC(OCCCOC)CC1. The van der Waals surface area contributed by atoms with Crippen LogP contribution in [-0.4, -0.2) is 67.2 Å². The smallest absolute Gasteiger partial charge is 0.193 e. The van der Waals surface area contributed by atoms with Gasteiger partial charge in [0.25, 0.3) is 0 Å². The minimum Gasteiger partial charge on any atom is -0.385 e. The van der Waals surface area contributed by atoms with Gasteiger partial charge in [-0.05, 0) is 43.0 Å². The average molecular weight is 386 g/mol. The molecular formula is C21H31N5O2.